The van der Waals surface area contributed by atoms with Gasteiger partial charge < -0.3 is 9.80 Å². The lowest BCUT2D eigenvalue weighted by Crippen LogP contribution is -2.43. The third-order valence-corrected chi connectivity index (χ3v) is 6.83. The number of hydrogen-bond acceptors (Lipinski definition) is 3. The van der Waals surface area contributed by atoms with Crippen LogP contribution < -0.4 is 0 Å². The minimum Gasteiger partial charge on any atom is -0.332 e. The average Bonchev–Trinajstić information content (AvgIpc) is 3.23. The van der Waals surface area contributed by atoms with E-state index in [2.05, 4.69) is 0 Å². The number of aryl methyl sites for hydroxylation is 1. The van der Waals surface area contributed by atoms with E-state index in [1.165, 1.54) is 17.0 Å². The fraction of sp³-hybridized carbons (Fsp3) is 0.308. The summed E-state index contributed by atoms with van der Waals surface area (Å²) < 4.78 is 13.4. The number of alkyl halides is 1. The molecule has 1 heterocycles. The molecule has 4 nitrogen and oxygen atoms in total. The maximum Gasteiger partial charge on any atom is 0.245 e. The maximum absolute atomic E-state index is 13.4. The summed E-state index contributed by atoms with van der Waals surface area (Å²) in [5.41, 5.74) is 2.64. The first-order valence-corrected chi connectivity index (χ1v) is 12.2. The molecule has 2 amide bonds. The van der Waals surface area contributed by atoms with E-state index in [4.69, 9.17) is 11.6 Å². The molecule has 1 aromatic heterocycles. The van der Waals surface area contributed by atoms with Gasteiger partial charge in [-0.05, 0) is 53.6 Å². The van der Waals surface area contributed by atoms with Crippen molar-refractivity contribution in [1.82, 2.24) is 9.80 Å². The quantitative estimate of drug-likeness (QED) is 0.332. The van der Waals surface area contributed by atoms with E-state index < -0.39 is 5.38 Å². The Labute approximate surface area is 203 Å². The summed E-state index contributed by atoms with van der Waals surface area (Å²) in [5.74, 6) is -0.780. The van der Waals surface area contributed by atoms with E-state index in [1.807, 2.05) is 55.6 Å². The molecule has 0 spiro atoms. The molecule has 0 aliphatic carbocycles. The summed E-state index contributed by atoms with van der Waals surface area (Å²) in [6.45, 7) is 5.10. The zero-order valence-electron chi connectivity index (χ0n) is 18.8. The van der Waals surface area contributed by atoms with Gasteiger partial charge in [-0.1, -0.05) is 49.4 Å². The van der Waals surface area contributed by atoms with Crippen LogP contribution >= 0.6 is 22.9 Å². The maximum atomic E-state index is 13.4. The van der Waals surface area contributed by atoms with E-state index >= 15 is 0 Å². The molecule has 1 atom stereocenters. The molecule has 2 aromatic carbocycles. The molecule has 1 unspecified atom stereocenters. The van der Waals surface area contributed by atoms with Crippen molar-refractivity contribution in [3.05, 3.63) is 93.4 Å². The minimum atomic E-state index is -0.851. The summed E-state index contributed by atoms with van der Waals surface area (Å²) in [6, 6.07) is 17.3. The van der Waals surface area contributed by atoms with Crippen LogP contribution in [0.5, 0.6) is 0 Å². The molecule has 174 valence electrons. The normalized spacial score (nSPS) is 11.8. The van der Waals surface area contributed by atoms with Gasteiger partial charge >= 0.3 is 0 Å². The van der Waals surface area contributed by atoms with Gasteiger partial charge in [-0.25, -0.2) is 4.39 Å². The van der Waals surface area contributed by atoms with E-state index in [0.717, 1.165) is 16.0 Å². The number of hydrogen-bond donors (Lipinski definition) is 0. The van der Waals surface area contributed by atoms with Crippen molar-refractivity contribution in [1.29, 1.82) is 0 Å². The van der Waals surface area contributed by atoms with E-state index in [0.29, 0.717) is 31.6 Å². The molecular formula is C26H28ClFN2O2S. The second-order valence-corrected chi connectivity index (χ2v) is 9.37. The van der Waals surface area contributed by atoms with Crippen LogP contribution in [0.1, 0.15) is 40.3 Å². The third kappa shape index (κ3) is 6.89. The first kappa shape index (κ1) is 24.9. The monoisotopic (exact) mass is 486 g/mol. The predicted molar refractivity (Wildman–Crippen MR) is 132 cm³/mol. The lowest BCUT2D eigenvalue weighted by Gasteiger charge is -2.29. The largest absolute Gasteiger partial charge is 0.332 e. The van der Waals surface area contributed by atoms with Crippen LogP contribution in [0.25, 0.3) is 0 Å². The Hall–Kier alpha value is -2.70. The topological polar surface area (TPSA) is 40.6 Å². The van der Waals surface area contributed by atoms with E-state index in [1.54, 1.807) is 28.4 Å². The van der Waals surface area contributed by atoms with Gasteiger partial charge in [0.25, 0.3) is 0 Å². The Balaban J connectivity index is 1.79. The molecule has 3 aromatic rings. The van der Waals surface area contributed by atoms with Gasteiger partial charge in [-0.15, -0.1) is 22.9 Å². The smallest absolute Gasteiger partial charge is 0.245 e. The number of amides is 2. The van der Waals surface area contributed by atoms with Crippen molar-refractivity contribution in [2.45, 2.75) is 38.7 Å². The van der Waals surface area contributed by atoms with E-state index in [-0.39, 0.29) is 24.2 Å². The van der Waals surface area contributed by atoms with Crippen molar-refractivity contribution in [2.75, 3.05) is 13.1 Å². The highest BCUT2D eigenvalue weighted by molar-refractivity contribution is 7.10. The standard InChI is InChI=1S/C26H28ClFN2O2S/c1-3-14-29(26(32)25(27)21-7-5-4-6-8-21)18-24(31)30(17-23-19(2)13-15-33-23)16-20-9-11-22(28)12-10-20/h4-13,15,25H,3,14,16-18H2,1-2H3. The molecule has 0 N–H and O–H groups in total. The highest BCUT2D eigenvalue weighted by Crippen LogP contribution is 2.24. The average molecular weight is 487 g/mol. The van der Waals surface area contributed by atoms with Crippen LogP contribution in [0, 0.1) is 12.7 Å². The lowest BCUT2D eigenvalue weighted by molar-refractivity contribution is -0.141. The Morgan fingerprint density at radius 2 is 1.70 bits per heavy atom. The summed E-state index contributed by atoms with van der Waals surface area (Å²) in [5, 5.41) is 1.14. The Kier molecular flexibility index (Phi) is 9.03. The Morgan fingerprint density at radius 1 is 1.00 bits per heavy atom. The molecule has 33 heavy (non-hydrogen) atoms. The number of nitrogens with zero attached hydrogens (tertiary/aromatic N) is 2. The highest BCUT2D eigenvalue weighted by Gasteiger charge is 2.27. The molecule has 0 fully saturated rings. The summed E-state index contributed by atoms with van der Waals surface area (Å²) in [4.78, 5) is 30.9. The Morgan fingerprint density at radius 3 is 2.30 bits per heavy atom. The zero-order valence-corrected chi connectivity index (χ0v) is 20.4. The molecule has 0 aliphatic rings. The summed E-state index contributed by atoms with van der Waals surface area (Å²) in [7, 11) is 0. The first-order chi connectivity index (χ1) is 15.9. The second-order valence-electron chi connectivity index (χ2n) is 7.94. The van der Waals surface area contributed by atoms with Gasteiger partial charge in [0.1, 0.15) is 11.2 Å². The molecule has 0 saturated heterocycles. The van der Waals surface area contributed by atoms with Crippen LogP contribution in [0.4, 0.5) is 4.39 Å². The minimum absolute atomic E-state index is 0.0612. The third-order valence-electron chi connectivity index (χ3n) is 5.38. The first-order valence-electron chi connectivity index (χ1n) is 10.9. The van der Waals surface area contributed by atoms with Crippen molar-refractivity contribution in [3.63, 3.8) is 0 Å². The zero-order chi connectivity index (χ0) is 23.8. The SMILES string of the molecule is CCCN(CC(=O)N(Cc1ccc(F)cc1)Cc1sccc1C)C(=O)C(Cl)c1ccccc1. The number of rotatable bonds is 10. The van der Waals surface area contributed by atoms with Gasteiger partial charge in [-0.3, -0.25) is 9.59 Å². The number of halogens is 2. The molecule has 7 heteroatoms. The molecule has 3 rings (SSSR count). The van der Waals surface area contributed by atoms with Crippen molar-refractivity contribution in [2.24, 2.45) is 0 Å². The van der Waals surface area contributed by atoms with E-state index in [9.17, 15) is 14.0 Å². The second kappa shape index (κ2) is 12.0. The van der Waals surface area contributed by atoms with Gasteiger partial charge in [0, 0.05) is 18.0 Å². The van der Waals surface area contributed by atoms with Gasteiger partial charge in [0.15, 0.2) is 0 Å². The van der Waals surface area contributed by atoms with Crippen molar-refractivity contribution in [3.8, 4) is 0 Å². The molecular weight excluding hydrogens is 459 g/mol. The van der Waals surface area contributed by atoms with Crippen LogP contribution in [-0.4, -0.2) is 34.7 Å². The van der Waals surface area contributed by atoms with Crippen molar-refractivity contribution < 1.29 is 14.0 Å². The number of carbonyl (C=O) groups is 2. The van der Waals surface area contributed by atoms with Gasteiger partial charge in [0.05, 0.1) is 13.1 Å². The fourth-order valence-corrected chi connectivity index (χ4v) is 4.71. The number of carbonyl (C=O) groups excluding carboxylic acids is 2. The molecule has 0 bridgehead atoms. The summed E-state index contributed by atoms with van der Waals surface area (Å²) in [6.07, 6.45) is 0.708. The Bertz CT molecular complexity index is 1060. The van der Waals surface area contributed by atoms with Crippen LogP contribution in [0.3, 0.4) is 0 Å². The molecule has 0 saturated carbocycles. The summed E-state index contributed by atoms with van der Waals surface area (Å²) >= 11 is 8.07. The lowest BCUT2D eigenvalue weighted by atomic mass is 10.1. The molecule has 0 aliphatic heterocycles. The number of thiophene rings is 1. The fourth-order valence-electron chi connectivity index (χ4n) is 3.51. The predicted octanol–water partition coefficient (Wildman–Crippen LogP) is 5.94. The number of benzene rings is 2. The molecule has 0 radical (unpaired) electrons. The van der Waals surface area contributed by atoms with Crippen LogP contribution in [-0.2, 0) is 22.7 Å². The van der Waals surface area contributed by atoms with Gasteiger partial charge in [-0.2, -0.15) is 0 Å². The van der Waals surface area contributed by atoms with Crippen LogP contribution in [0.15, 0.2) is 66.0 Å². The van der Waals surface area contributed by atoms with Crippen LogP contribution in [0.2, 0.25) is 0 Å². The van der Waals surface area contributed by atoms with Crippen molar-refractivity contribution >= 4 is 34.8 Å². The highest BCUT2D eigenvalue weighted by atomic mass is 35.5. The van der Waals surface area contributed by atoms with Gasteiger partial charge in [0.2, 0.25) is 11.8 Å².